The van der Waals surface area contributed by atoms with Crippen LogP contribution < -0.4 is 11.1 Å². The molecule has 25 heavy (non-hydrogen) atoms. The van der Waals surface area contributed by atoms with Crippen LogP contribution in [-0.4, -0.2) is 20.2 Å². The van der Waals surface area contributed by atoms with Gasteiger partial charge in [0.2, 0.25) is 5.95 Å². The highest BCUT2D eigenvalue weighted by molar-refractivity contribution is 5.95. The van der Waals surface area contributed by atoms with Crippen LogP contribution in [0.1, 0.15) is 5.56 Å². The summed E-state index contributed by atoms with van der Waals surface area (Å²) >= 11 is 0. The van der Waals surface area contributed by atoms with Crippen LogP contribution in [0.15, 0.2) is 54.7 Å². The van der Waals surface area contributed by atoms with Gasteiger partial charge in [0.05, 0.1) is 17.1 Å². The Balaban J connectivity index is 1.76. The molecular weight excluding hydrogens is 314 g/mol. The van der Waals surface area contributed by atoms with Gasteiger partial charge in [0.15, 0.2) is 0 Å². The maximum atomic E-state index is 9.09. The molecule has 4 rings (SSSR count). The first-order chi connectivity index (χ1) is 12.2. The van der Waals surface area contributed by atoms with E-state index in [0.717, 1.165) is 27.8 Å². The van der Waals surface area contributed by atoms with Crippen LogP contribution in [0.3, 0.4) is 0 Å². The molecule has 2 aromatic heterocycles. The van der Waals surface area contributed by atoms with Gasteiger partial charge in [0.25, 0.3) is 0 Å². The van der Waals surface area contributed by atoms with Crippen molar-refractivity contribution in [1.29, 1.82) is 5.26 Å². The van der Waals surface area contributed by atoms with Gasteiger partial charge in [0.1, 0.15) is 11.5 Å². The minimum Gasteiger partial charge on any atom is -0.368 e. The monoisotopic (exact) mass is 327 g/mol. The van der Waals surface area contributed by atoms with E-state index < -0.39 is 0 Å². The zero-order valence-electron chi connectivity index (χ0n) is 13.1. The van der Waals surface area contributed by atoms with E-state index >= 15 is 0 Å². The number of aromatic amines is 1. The van der Waals surface area contributed by atoms with Crippen LogP contribution in [0.2, 0.25) is 0 Å². The largest absolute Gasteiger partial charge is 0.368 e. The zero-order valence-corrected chi connectivity index (χ0v) is 13.1. The summed E-state index contributed by atoms with van der Waals surface area (Å²) in [6.07, 6.45) is 1.60. The minimum absolute atomic E-state index is 0.211. The molecule has 0 saturated carbocycles. The van der Waals surface area contributed by atoms with Crippen LogP contribution in [0.5, 0.6) is 0 Å². The molecule has 0 aliphatic heterocycles. The average Bonchev–Trinajstić information content (AvgIpc) is 3.05. The molecule has 0 aliphatic rings. The predicted octanol–water partition coefficient (Wildman–Crippen LogP) is 3.22. The van der Waals surface area contributed by atoms with E-state index in [1.807, 2.05) is 36.4 Å². The lowest BCUT2D eigenvalue weighted by molar-refractivity contribution is 1.12. The lowest BCUT2D eigenvalue weighted by Gasteiger charge is -2.06. The molecule has 0 atom stereocenters. The van der Waals surface area contributed by atoms with Gasteiger partial charge in [-0.3, -0.25) is 5.10 Å². The zero-order chi connectivity index (χ0) is 17.2. The number of H-pyrrole nitrogens is 1. The molecule has 2 heterocycles. The lowest BCUT2D eigenvalue weighted by atomic mass is 10.1. The summed E-state index contributed by atoms with van der Waals surface area (Å²) in [7, 11) is 0. The van der Waals surface area contributed by atoms with Gasteiger partial charge in [0, 0.05) is 22.8 Å². The molecule has 0 aliphatic carbocycles. The molecule has 120 valence electrons. The first kappa shape index (κ1) is 14.7. The number of nitriles is 1. The first-order valence-corrected chi connectivity index (χ1v) is 7.57. The molecule has 7 nitrogen and oxygen atoms in total. The Labute approximate surface area is 143 Å². The number of nitrogens with zero attached hydrogens (tertiary/aromatic N) is 4. The summed E-state index contributed by atoms with van der Waals surface area (Å²) in [5.74, 6) is 0.826. The molecule has 0 amide bonds. The van der Waals surface area contributed by atoms with E-state index in [-0.39, 0.29) is 5.95 Å². The standard InChI is InChI=1S/C18H13N7/c19-10-11-2-1-3-12(8-11)17-14-9-13(4-5-15(14)24-25-17)22-16-6-7-21-18(20)23-16/h1-9H,(H,24,25)(H3,20,21,22,23). The van der Waals surface area contributed by atoms with Crippen molar-refractivity contribution < 1.29 is 0 Å². The summed E-state index contributed by atoms with van der Waals surface area (Å²) in [5.41, 5.74) is 9.64. The van der Waals surface area contributed by atoms with Crippen LogP contribution in [-0.2, 0) is 0 Å². The normalized spacial score (nSPS) is 10.5. The fourth-order valence-electron chi connectivity index (χ4n) is 2.64. The SMILES string of the molecule is N#Cc1cccc(-c2n[nH]c3ccc(Nc4ccnc(N)n4)cc23)c1. The van der Waals surface area contributed by atoms with Crippen molar-refractivity contribution in [2.45, 2.75) is 0 Å². The Morgan fingerprint density at radius 1 is 1.12 bits per heavy atom. The smallest absolute Gasteiger partial charge is 0.221 e. The Bertz CT molecular complexity index is 1110. The molecule has 4 aromatic rings. The summed E-state index contributed by atoms with van der Waals surface area (Å²) in [6.45, 7) is 0. The Morgan fingerprint density at radius 2 is 2.04 bits per heavy atom. The number of nitrogens with one attached hydrogen (secondary N) is 2. The first-order valence-electron chi connectivity index (χ1n) is 7.57. The highest BCUT2D eigenvalue weighted by Crippen LogP contribution is 2.29. The summed E-state index contributed by atoms with van der Waals surface area (Å²) in [5, 5.41) is 20.7. The third-order valence-electron chi connectivity index (χ3n) is 3.77. The highest BCUT2D eigenvalue weighted by atomic mass is 15.1. The van der Waals surface area contributed by atoms with Crippen LogP contribution in [0, 0.1) is 11.3 Å². The third-order valence-corrected chi connectivity index (χ3v) is 3.77. The number of anilines is 3. The molecule has 0 radical (unpaired) electrons. The summed E-state index contributed by atoms with van der Waals surface area (Å²) in [4.78, 5) is 8.01. The average molecular weight is 327 g/mol. The van der Waals surface area contributed by atoms with Gasteiger partial charge in [-0.15, -0.1) is 0 Å². The quantitative estimate of drug-likeness (QED) is 0.532. The molecule has 0 saturated heterocycles. The number of nitrogen functional groups attached to an aromatic ring is 1. The van der Waals surface area contributed by atoms with E-state index in [2.05, 4.69) is 31.6 Å². The Morgan fingerprint density at radius 3 is 2.88 bits per heavy atom. The molecular formula is C18H13N7. The maximum Gasteiger partial charge on any atom is 0.221 e. The van der Waals surface area contributed by atoms with E-state index in [4.69, 9.17) is 11.0 Å². The van der Waals surface area contributed by atoms with Crippen molar-refractivity contribution in [2.75, 3.05) is 11.1 Å². The molecule has 7 heteroatoms. The number of benzene rings is 2. The Kier molecular flexibility index (Phi) is 3.48. The van der Waals surface area contributed by atoms with Gasteiger partial charge in [-0.05, 0) is 36.4 Å². The van der Waals surface area contributed by atoms with E-state index in [0.29, 0.717) is 11.4 Å². The fourth-order valence-corrected chi connectivity index (χ4v) is 2.64. The third kappa shape index (κ3) is 2.84. The molecule has 4 N–H and O–H groups in total. The number of hydrogen-bond acceptors (Lipinski definition) is 6. The van der Waals surface area contributed by atoms with E-state index in [9.17, 15) is 0 Å². The Hall–Kier alpha value is -3.92. The number of aromatic nitrogens is 4. The van der Waals surface area contributed by atoms with Crippen molar-refractivity contribution in [3.63, 3.8) is 0 Å². The molecule has 0 bridgehead atoms. The summed E-state index contributed by atoms with van der Waals surface area (Å²) < 4.78 is 0. The molecule has 0 unspecified atom stereocenters. The van der Waals surface area contributed by atoms with Crippen molar-refractivity contribution in [1.82, 2.24) is 20.2 Å². The van der Waals surface area contributed by atoms with E-state index in [1.54, 1.807) is 18.3 Å². The van der Waals surface area contributed by atoms with Gasteiger partial charge in [-0.1, -0.05) is 12.1 Å². The summed E-state index contributed by atoms with van der Waals surface area (Å²) in [6, 6.07) is 17.1. The van der Waals surface area contributed by atoms with E-state index in [1.165, 1.54) is 0 Å². The number of rotatable bonds is 3. The molecule has 0 fully saturated rings. The van der Waals surface area contributed by atoms with Gasteiger partial charge >= 0.3 is 0 Å². The van der Waals surface area contributed by atoms with Crippen molar-refractivity contribution >= 4 is 28.4 Å². The van der Waals surface area contributed by atoms with Crippen LogP contribution in [0.4, 0.5) is 17.5 Å². The van der Waals surface area contributed by atoms with Crippen LogP contribution >= 0.6 is 0 Å². The van der Waals surface area contributed by atoms with Gasteiger partial charge in [-0.25, -0.2) is 4.98 Å². The fraction of sp³-hybridized carbons (Fsp3) is 0. The van der Waals surface area contributed by atoms with Gasteiger partial charge in [-0.2, -0.15) is 15.3 Å². The topological polar surface area (TPSA) is 116 Å². The number of hydrogen-bond donors (Lipinski definition) is 3. The number of nitrogens with two attached hydrogens (primary N) is 1. The predicted molar refractivity (Wildman–Crippen MR) is 96.0 cm³/mol. The second kappa shape index (κ2) is 5.94. The maximum absolute atomic E-state index is 9.09. The van der Waals surface area contributed by atoms with Crippen molar-refractivity contribution in [3.8, 4) is 17.3 Å². The van der Waals surface area contributed by atoms with Gasteiger partial charge < -0.3 is 11.1 Å². The van der Waals surface area contributed by atoms with Crippen molar-refractivity contribution in [2.24, 2.45) is 0 Å². The minimum atomic E-state index is 0.211. The lowest BCUT2D eigenvalue weighted by Crippen LogP contribution is -1.98. The second-order valence-electron chi connectivity index (χ2n) is 5.45. The van der Waals surface area contributed by atoms with Crippen molar-refractivity contribution in [3.05, 3.63) is 60.3 Å². The molecule has 0 spiro atoms. The second-order valence-corrected chi connectivity index (χ2v) is 5.45. The molecule has 2 aromatic carbocycles. The highest BCUT2D eigenvalue weighted by Gasteiger charge is 2.10. The number of fused-ring (bicyclic) bond motifs is 1. The van der Waals surface area contributed by atoms with Crippen LogP contribution in [0.25, 0.3) is 22.2 Å².